The van der Waals surface area contributed by atoms with Crippen molar-refractivity contribution in [1.29, 1.82) is 0 Å². The molecule has 3 aromatic rings. The predicted octanol–water partition coefficient (Wildman–Crippen LogP) is 2.25. The van der Waals surface area contributed by atoms with Gasteiger partial charge in [-0.15, -0.1) is 0 Å². The summed E-state index contributed by atoms with van der Waals surface area (Å²) in [4.78, 5) is 19.5. The minimum absolute atomic E-state index is 0.321. The Morgan fingerprint density at radius 3 is 2.71 bits per heavy atom. The third-order valence-corrected chi connectivity index (χ3v) is 2.44. The van der Waals surface area contributed by atoms with Crippen molar-refractivity contribution in [3.8, 4) is 11.5 Å². The molecular weight excluding hydrogens is 216 g/mol. The maximum absolute atomic E-state index is 11.8. The van der Waals surface area contributed by atoms with E-state index in [1.165, 1.54) is 6.20 Å². The van der Waals surface area contributed by atoms with Gasteiger partial charge in [-0.05, 0) is 12.1 Å². The molecule has 0 spiro atoms. The van der Waals surface area contributed by atoms with Crippen LogP contribution >= 0.6 is 0 Å². The number of rotatable bonds is 1. The van der Waals surface area contributed by atoms with E-state index >= 15 is 0 Å². The van der Waals surface area contributed by atoms with E-state index in [4.69, 9.17) is 4.42 Å². The molecule has 0 bridgehead atoms. The van der Waals surface area contributed by atoms with Crippen LogP contribution in [-0.4, -0.2) is 9.97 Å². The largest absolute Gasteiger partial charge is 0.437 e. The third kappa shape index (κ3) is 1.69. The maximum Gasteiger partial charge on any atom is 0.285 e. The molecule has 1 aromatic carbocycles. The fourth-order valence-corrected chi connectivity index (χ4v) is 1.61. The van der Waals surface area contributed by atoms with Crippen LogP contribution < -0.4 is 5.56 Å². The van der Waals surface area contributed by atoms with E-state index in [9.17, 15) is 4.79 Å². The Labute approximate surface area is 96.6 Å². The summed E-state index contributed by atoms with van der Waals surface area (Å²) in [5.74, 6) is 0.328. The summed E-state index contributed by atoms with van der Waals surface area (Å²) in [5, 5.41) is 0.396. The monoisotopic (exact) mass is 224 g/mol. The number of benzene rings is 1. The highest BCUT2D eigenvalue weighted by Gasteiger charge is 2.07. The van der Waals surface area contributed by atoms with Crippen LogP contribution in [0.4, 0.5) is 0 Å². The molecule has 2 aromatic heterocycles. The SMILES string of the molecule is O=c1nc(-c2ccccc2)oc2ccncc12. The number of fused-ring (bicyclic) bond motifs is 1. The standard InChI is InChI=1S/C13H8N2O2/c16-12-10-8-14-7-6-11(10)17-13(15-12)9-4-2-1-3-5-9/h1-8H. The highest BCUT2D eigenvalue weighted by Crippen LogP contribution is 2.18. The average Bonchev–Trinajstić information content (AvgIpc) is 2.40. The van der Waals surface area contributed by atoms with Crippen molar-refractivity contribution < 1.29 is 4.42 Å². The lowest BCUT2D eigenvalue weighted by Gasteiger charge is -2.00. The topological polar surface area (TPSA) is 56.0 Å². The quantitative estimate of drug-likeness (QED) is 0.636. The van der Waals surface area contributed by atoms with E-state index in [-0.39, 0.29) is 5.56 Å². The molecule has 3 rings (SSSR count). The second-order valence-corrected chi connectivity index (χ2v) is 3.56. The van der Waals surface area contributed by atoms with Gasteiger partial charge in [-0.2, -0.15) is 4.98 Å². The van der Waals surface area contributed by atoms with Gasteiger partial charge >= 0.3 is 0 Å². The molecule has 0 amide bonds. The Morgan fingerprint density at radius 1 is 1.06 bits per heavy atom. The highest BCUT2D eigenvalue weighted by atomic mass is 16.3. The van der Waals surface area contributed by atoms with Crippen LogP contribution in [0.2, 0.25) is 0 Å². The van der Waals surface area contributed by atoms with Crippen molar-refractivity contribution >= 4 is 11.0 Å². The van der Waals surface area contributed by atoms with Gasteiger partial charge in [-0.1, -0.05) is 18.2 Å². The summed E-state index contributed by atoms with van der Waals surface area (Å²) in [6, 6.07) is 11.0. The first kappa shape index (κ1) is 9.72. The molecule has 0 unspecified atom stereocenters. The molecule has 0 aliphatic heterocycles. The van der Waals surface area contributed by atoms with E-state index < -0.39 is 0 Å². The van der Waals surface area contributed by atoms with E-state index in [2.05, 4.69) is 9.97 Å². The first-order chi connectivity index (χ1) is 8.34. The van der Waals surface area contributed by atoms with Crippen molar-refractivity contribution in [2.75, 3.05) is 0 Å². The zero-order valence-corrected chi connectivity index (χ0v) is 8.83. The van der Waals surface area contributed by atoms with Crippen LogP contribution in [-0.2, 0) is 0 Å². The van der Waals surface area contributed by atoms with Crippen molar-refractivity contribution in [1.82, 2.24) is 9.97 Å². The first-order valence-electron chi connectivity index (χ1n) is 5.15. The van der Waals surface area contributed by atoms with Gasteiger partial charge in [-0.25, -0.2) is 0 Å². The van der Waals surface area contributed by atoms with E-state index in [0.717, 1.165) is 5.56 Å². The zero-order valence-electron chi connectivity index (χ0n) is 8.83. The van der Waals surface area contributed by atoms with Gasteiger partial charge < -0.3 is 4.42 Å². The highest BCUT2D eigenvalue weighted by molar-refractivity contribution is 5.75. The molecule has 0 aliphatic carbocycles. The zero-order chi connectivity index (χ0) is 11.7. The summed E-state index contributed by atoms with van der Waals surface area (Å²) in [6.45, 7) is 0. The van der Waals surface area contributed by atoms with Crippen LogP contribution in [0.3, 0.4) is 0 Å². The van der Waals surface area contributed by atoms with Crippen LogP contribution in [0.25, 0.3) is 22.4 Å². The molecule has 0 saturated carbocycles. The number of hydrogen-bond donors (Lipinski definition) is 0. The van der Waals surface area contributed by atoms with Crippen molar-refractivity contribution in [2.24, 2.45) is 0 Å². The molecular formula is C13H8N2O2. The second-order valence-electron chi connectivity index (χ2n) is 3.56. The minimum atomic E-state index is -0.321. The summed E-state index contributed by atoms with van der Waals surface area (Å²) in [6.07, 6.45) is 3.04. The molecule has 0 radical (unpaired) electrons. The molecule has 0 atom stereocenters. The molecule has 2 heterocycles. The fourth-order valence-electron chi connectivity index (χ4n) is 1.61. The van der Waals surface area contributed by atoms with Crippen molar-refractivity contribution in [2.45, 2.75) is 0 Å². The van der Waals surface area contributed by atoms with Crippen LogP contribution in [0.5, 0.6) is 0 Å². The van der Waals surface area contributed by atoms with Gasteiger partial charge in [0.2, 0.25) is 5.89 Å². The Kier molecular flexibility index (Phi) is 2.19. The maximum atomic E-state index is 11.8. The second kappa shape index (κ2) is 3.83. The Hall–Kier alpha value is -2.49. The van der Waals surface area contributed by atoms with Gasteiger partial charge in [-0.3, -0.25) is 9.78 Å². The molecule has 4 nitrogen and oxygen atoms in total. The van der Waals surface area contributed by atoms with Crippen LogP contribution in [0.15, 0.2) is 58.0 Å². The third-order valence-electron chi connectivity index (χ3n) is 2.44. The van der Waals surface area contributed by atoms with Gasteiger partial charge in [0.25, 0.3) is 5.56 Å². The Balaban J connectivity index is 2.30. The van der Waals surface area contributed by atoms with E-state index in [1.54, 1.807) is 12.3 Å². The van der Waals surface area contributed by atoms with E-state index in [1.807, 2.05) is 30.3 Å². The number of aromatic nitrogens is 2. The molecule has 82 valence electrons. The lowest BCUT2D eigenvalue weighted by Crippen LogP contribution is -2.07. The smallest absolute Gasteiger partial charge is 0.285 e. The van der Waals surface area contributed by atoms with Gasteiger partial charge in [0, 0.05) is 24.0 Å². The summed E-state index contributed by atoms with van der Waals surface area (Å²) >= 11 is 0. The molecule has 0 fully saturated rings. The average molecular weight is 224 g/mol. The summed E-state index contributed by atoms with van der Waals surface area (Å²) in [7, 11) is 0. The number of hydrogen-bond acceptors (Lipinski definition) is 4. The van der Waals surface area contributed by atoms with Gasteiger partial charge in [0.1, 0.15) is 11.0 Å². The Bertz CT molecular complexity index is 720. The lowest BCUT2D eigenvalue weighted by molar-refractivity contribution is 0.594. The summed E-state index contributed by atoms with van der Waals surface area (Å²) in [5.41, 5.74) is 0.959. The lowest BCUT2D eigenvalue weighted by atomic mass is 10.2. The molecule has 17 heavy (non-hydrogen) atoms. The van der Waals surface area contributed by atoms with Crippen LogP contribution in [0, 0.1) is 0 Å². The van der Waals surface area contributed by atoms with Gasteiger partial charge in [0.15, 0.2) is 0 Å². The summed E-state index contributed by atoms with van der Waals surface area (Å²) < 4.78 is 5.58. The fraction of sp³-hybridized carbons (Fsp3) is 0. The molecule has 0 saturated heterocycles. The minimum Gasteiger partial charge on any atom is -0.437 e. The molecule has 0 N–H and O–H groups in total. The van der Waals surface area contributed by atoms with Crippen molar-refractivity contribution in [3.05, 3.63) is 59.1 Å². The molecule has 0 aliphatic rings. The number of nitrogens with zero attached hydrogens (tertiary/aromatic N) is 2. The van der Waals surface area contributed by atoms with Crippen LogP contribution in [0.1, 0.15) is 0 Å². The van der Waals surface area contributed by atoms with Gasteiger partial charge in [0.05, 0.1) is 0 Å². The predicted molar refractivity (Wildman–Crippen MR) is 63.5 cm³/mol. The Morgan fingerprint density at radius 2 is 1.88 bits per heavy atom. The number of pyridine rings is 1. The van der Waals surface area contributed by atoms with E-state index in [0.29, 0.717) is 16.9 Å². The van der Waals surface area contributed by atoms with Crippen molar-refractivity contribution in [3.63, 3.8) is 0 Å². The molecule has 4 heteroatoms. The normalized spacial score (nSPS) is 10.6. The first-order valence-corrected chi connectivity index (χ1v) is 5.15.